The highest BCUT2D eigenvalue weighted by Crippen LogP contribution is 2.18. The fourth-order valence-corrected chi connectivity index (χ4v) is 3.91. The number of carbonyl (C=O) groups excluding carboxylic acids is 2. The molecule has 2 fully saturated rings. The average Bonchev–Trinajstić information content (AvgIpc) is 3.11. The van der Waals surface area contributed by atoms with Gasteiger partial charge in [0, 0.05) is 19.1 Å². The van der Waals surface area contributed by atoms with Gasteiger partial charge >= 0.3 is 0 Å². The molecule has 5 nitrogen and oxygen atoms in total. The molecule has 5 heteroatoms. The minimum absolute atomic E-state index is 0.00691. The monoisotopic (exact) mass is 343 g/mol. The van der Waals surface area contributed by atoms with Gasteiger partial charge in [0.15, 0.2) is 0 Å². The third-order valence-corrected chi connectivity index (χ3v) is 5.29. The summed E-state index contributed by atoms with van der Waals surface area (Å²) in [6, 6.07) is 10.4. The van der Waals surface area contributed by atoms with Gasteiger partial charge in [-0.2, -0.15) is 0 Å². The number of amides is 2. The Morgan fingerprint density at radius 3 is 2.72 bits per heavy atom. The number of hydrogen-bond donors (Lipinski definition) is 2. The molecule has 0 bridgehead atoms. The number of rotatable bonds is 7. The number of nitrogens with zero attached hydrogens (tertiary/aromatic N) is 1. The average molecular weight is 343 g/mol. The third-order valence-electron chi connectivity index (χ3n) is 5.29. The summed E-state index contributed by atoms with van der Waals surface area (Å²) >= 11 is 0. The van der Waals surface area contributed by atoms with Gasteiger partial charge in [0.05, 0.1) is 12.5 Å². The molecule has 3 rings (SSSR count). The number of hydrogen-bond acceptors (Lipinski definition) is 3. The van der Waals surface area contributed by atoms with Crippen molar-refractivity contribution in [3.8, 4) is 0 Å². The van der Waals surface area contributed by atoms with Crippen LogP contribution in [0, 0.1) is 0 Å². The Balaban J connectivity index is 1.49. The predicted molar refractivity (Wildman–Crippen MR) is 98.1 cm³/mol. The summed E-state index contributed by atoms with van der Waals surface area (Å²) in [6.07, 6.45) is 6.80. The van der Waals surface area contributed by atoms with Crippen LogP contribution in [0.4, 0.5) is 0 Å². The molecule has 2 amide bonds. The number of nitrogens with one attached hydrogen (secondary N) is 2. The Hall–Kier alpha value is -1.88. The zero-order chi connectivity index (χ0) is 17.5. The summed E-state index contributed by atoms with van der Waals surface area (Å²) in [6.45, 7) is 2.34. The summed E-state index contributed by atoms with van der Waals surface area (Å²) in [5.41, 5.74) is 1.32. The highest BCUT2D eigenvalue weighted by molar-refractivity contribution is 5.88. The molecule has 25 heavy (non-hydrogen) atoms. The summed E-state index contributed by atoms with van der Waals surface area (Å²) in [4.78, 5) is 26.8. The van der Waals surface area contributed by atoms with E-state index >= 15 is 0 Å². The van der Waals surface area contributed by atoms with Crippen molar-refractivity contribution in [2.45, 2.75) is 57.0 Å². The van der Waals surface area contributed by atoms with E-state index in [-0.39, 0.29) is 24.3 Å². The van der Waals surface area contributed by atoms with Crippen LogP contribution in [0.2, 0.25) is 0 Å². The van der Waals surface area contributed by atoms with Gasteiger partial charge in [-0.05, 0) is 37.8 Å². The van der Waals surface area contributed by atoms with Crippen LogP contribution in [0.3, 0.4) is 0 Å². The predicted octanol–water partition coefficient (Wildman–Crippen LogP) is 1.87. The Labute approximate surface area is 150 Å². The van der Waals surface area contributed by atoms with Gasteiger partial charge in [-0.25, -0.2) is 0 Å². The van der Waals surface area contributed by atoms with E-state index in [1.165, 1.54) is 18.4 Å². The second-order valence-corrected chi connectivity index (χ2v) is 7.18. The van der Waals surface area contributed by atoms with Gasteiger partial charge in [-0.1, -0.05) is 43.2 Å². The molecule has 2 N–H and O–H groups in total. The molecule has 1 aliphatic carbocycles. The molecule has 2 aliphatic rings. The van der Waals surface area contributed by atoms with Crippen LogP contribution in [0.25, 0.3) is 0 Å². The van der Waals surface area contributed by atoms with Crippen LogP contribution >= 0.6 is 0 Å². The van der Waals surface area contributed by atoms with Crippen molar-refractivity contribution in [3.63, 3.8) is 0 Å². The molecule has 1 aliphatic heterocycles. The first-order valence-electron chi connectivity index (χ1n) is 9.57. The lowest BCUT2D eigenvalue weighted by Crippen LogP contribution is -2.57. The summed E-state index contributed by atoms with van der Waals surface area (Å²) in [7, 11) is 0. The minimum atomic E-state index is -0.328. The topological polar surface area (TPSA) is 61.4 Å². The van der Waals surface area contributed by atoms with Crippen molar-refractivity contribution in [2.24, 2.45) is 0 Å². The quantitative estimate of drug-likeness (QED) is 0.794. The van der Waals surface area contributed by atoms with E-state index in [4.69, 9.17) is 0 Å². The van der Waals surface area contributed by atoms with E-state index in [1.807, 2.05) is 6.07 Å². The van der Waals surface area contributed by atoms with Gasteiger partial charge in [0.2, 0.25) is 11.8 Å². The molecular formula is C20H29N3O2. The number of piperazine rings is 1. The Morgan fingerprint density at radius 1 is 1.20 bits per heavy atom. The van der Waals surface area contributed by atoms with Crippen LogP contribution < -0.4 is 10.6 Å². The Morgan fingerprint density at radius 2 is 1.96 bits per heavy atom. The maximum atomic E-state index is 12.3. The maximum absolute atomic E-state index is 12.3. The van der Waals surface area contributed by atoms with E-state index in [9.17, 15) is 9.59 Å². The van der Waals surface area contributed by atoms with Gasteiger partial charge in [-0.3, -0.25) is 14.5 Å². The SMILES string of the molecule is O=C(C[C@@H]1C(=O)NCCN1CCCc1ccccc1)NC1CCCC1. The molecule has 0 aromatic heterocycles. The first-order valence-corrected chi connectivity index (χ1v) is 9.57. The van der Waals surface area contributed by atoms with Crippen LogP contribution in [0.1, 0.15) is 44.1 Å². The highest BCUT2D eigenvalue weighted by Gasteiger charge is 2.31. The van der Waals surface area contributed by atoms with Crippen molar-refractivity contribution >= 4 is 11.8 Å². The van der Waals surface area contributed by atoms with Crippen molar-refractivity contribution in [1.29, 1.82) is 0 Å². The number of aryl methyl sites for hydroxylation is 1. The van der Waals surface area contributed by atoms with Crippen LogP contribution in [-0.2, 0) is 16.0 Å². The van der Waals surface area contributed by atoms with E-state index in [1.54, 1.807) is 0 Å². The second-order valence-electron chi connectivity index (χ2n) is 7.18. The number of benzene rings is 1. The molecule has 1 saturated heterocycles. The normalized spacial score (nSPS) is 21.9. The Bertz CT molecular complexity index is 570. The first-order chi connectivity index (χ1) is 12.2. The first kappa shape index (κ1) is 17.9. The van der Waals surface area contributed by atoms with E-state index < -0.39 is 0 Å². The van der Waals surface area contributed by atoms with Crippen molar-refractivity contribution in [3.05, 3.63) is 35.9 Å². The van der Waals surface area contributed by atoms with Crippen molar-refractivity contribution in [2.75, 3.05) is 19.6 Å². The zero-order valence-electron chi connectivity index (χ0n) is 14.9. The van der Waals surface area contributed by atoms with Crippen LogP contribution in [0.5, 0.6) is 0 Å². The smallest absolute Gasteiger partial charge is 0.237 e. The molecule has 136 valence electrons. The molecule has 0 spiro atoms. The summed E-state index contributed by atoms with van der Waals surface area (Å²) in [5, 5.41) is 6.01. The fourth-order valence-electron chi connectivity index (χ4n) is 3.91. The molecule has 1 aromatic carbocycles. The van der Waals surface area contributed by atoms with Crippen molar-refractivity contribution < 1.29 is 9.59 Å². The molecule has 1 atom stereocenters. The lowest BCUT2D eigenvalue weighted by molar-refractivity contribution is -0.134. The van der Waals surface area contributed by atoms with Gasteiger partial charge < -0.3 is 10.6 Å². The highest BCUT2D eigenvalue weighted by atomic mass is 16.2. The number of carbonyl (C=O) groups is 2. The van der Waals surface area contributed by atoms with Crippen LogP contribution in [-0.4, -0.2) is 48.4 Å². The fraction of sp³-hybridized carbons (Fsp3) is 0.600. The maximum Gasteiger partial charge on any atom is 0.237 e. The van der Waals surface area contributed by atoms with E-state index in [0.717, 1.165) is 38.8 Å². The summed E-state index contributed by atoms with van der Waals surface area (Å²) < 4.78 is 0. The largest absolute Gasteiger partial charge is 0.353 e. The Kier molecular flexibility index (Phi) is 6.45. The standard InChI is InChI=1S/C20H29N3O2/c24-19(22-17-10-4-5-11-17)15-18-20(25)21-12-14-23(18)13-6-9-16-7-2-1-3-8-16/h1-3,7-8,17-18H,4-6,9-15H2,(H,21,25)(H,22,24)/t18-/m1/s1. The van der Waals surface area contributed by atoms with Crippen molar-refractivity contribution in [1.82, 2.24) is 15.5 Å². The van der Waals surface area contributed by atoms with Gasteiger partial charge in [-0.15, -0.1) is 0 Å². The lowest BCUT2D eigenvalue weighted by Gasteiger charge is -2.34. The molecule has 1 heterocycles. The van der Waals surface area contributed by atoms with E-state index in [2.05, 4.69) is 39.8 Å². The molecule has 0 unspecified atom stereocenters. The van der Waals surface area contributed by atoms with Gasteiger partial charge in [0.1, 0.15) is 0 Å². The second kappa shape index (κ2) is 8.99. The van der Waals surface area contributed by atoms with E-state index in [0.29, 0.717) is 12.6 Å². The van der Waals surface area contributed by atoms with Gasteiger partial charge in [0.25, 0.3) is 0 Å². The molecule has 1 aromatic rings. The minimum Gasteiger partial charge on any atom is -0.353 e. The third kappa shape index (κ3) is 5.30. The summed E-state index contributed by atoms with van der Waals surface area (Å²) in [5.74, 6) is 0.00884. The molecular weight excluding hydrogens is 314 g/mol. The lowest BCUT2D eigenvalue weighted by atomic mass is 10.1. The molecule has 1 saturated carbocycles. The zero-order valence-corrected chi connectivity index (χ0v) is 14.9. The van der Waals surface area contributed by atoms with Crippen LogP contribution in [0.15, 0.2) is 30.3 Å². The molecule has 0 radical (unpaired) electrons.